The molecule has 6 heteroatoms. The van der Waals surface area contributed by atoms with Crippen LogP contribution >= 0.6 is 0 Å². The third-order valence-corrected chi connectivity index (χ3v) is 6.85. The van der Waals surface area contributed by atoms with Gasteiger partial charge in [0, 0.05) is 5.56 Å². The third-order valence-electron chi connectivity index (χ3n) is 5.17. The minimum atomic E-state index is -3.97. The van der Waals surface area contributed by atoms with Gasteiger partial charge in [0.05, 0.1) is 12.0 Å². The number of ether oxygens (including phenoxy) is 2. The van der Waals surface area contributed by atoms with Crippen molar-refractivity contribution in [3.05, 3.63) is 94.4 Å². The molecule has 0 spiro atoms. The molecule has 0 N–H and O–H groups in total. The Morgan fingerprint density at radius 2 is 1.64 bits per heavy atom. The lowest BCUT2D eigenvalue weighted by molar-refractivity contribution is 0.284. The van der Waals surface area contributed by atoms with E-state index < -0.39 is 9.84 Å². The quantitative estimate of drug-likeness (QED) is 0.409. The van der Waals surface area contributed by atoms with Crippen molar-refractivity contribution < 1.29 is 17.9 Å². The first kappa shape index (κ1) is 24.1. The van der Waals surface area contributed by atoms with Gasteiger partial charge in [-0.3, -0.25) is 0 Å². The highest BCUT2D eigenvalue weighted by atomic mass is 32.2. The van der Waals surface area contributed by atoms with Crippen LogP contribution in [0.5, 0.6) is 11.5 Å². The molecule has 170 valence electrons. The van der Waals surface area contributed by atoms with E-state index in [9.17, 15) is 13.7 Å². The highest BCUT2D eigenvalue weighted by Gasteiger charge is 2.22. The summed E-state index contributed by atoms with van der Waals surface area (Å²) in [7, 11) is -2.45. The second-order valence-electron chi connectivity index (χ2n) is 8.55. The van der Waals surface area contributed by atoms with E-state index in [1.807, 2.05) is 18.2 Å². The second-order valence-corrected chi connectivity index (χ2v) is 10.5. The van der Waals surface area contributed by atoms with Crippen molar-refractivity contribution in [2.75, 3.05) is 7.11 Å². The molecule has 0 aliphatic rings. The highest BCUT2D eigenvalue weighted by molar-refractivity contribution is 7.95. The molecule has 0 fully saturated rings. The maximum atomic E-state index is 13.0. The molecule has 0 aliphatic heterocycles. The van der Waals surface area contributed by atoms with E-state index >= 15 is 0 Å². The Hall–Kier alpha value is -3.56. The first-order valence-electron chi connectivity index (χ1n) is 10.5. The van der Waals surface area contributed by atoms with Gasteiger partial charge in [0.1, 0.15) is 17.6 Å². The summed E-state index contributed by atoms with van der Waals surface area (Å²) in [5.74, 6) is 0.820. The zero-order valence-corrected chi connectivity index (χ0v) is 20.0. The molecule has 0 radical (unpaired) electrons. The number of nitriles is 1. The molecule has 0 heterocycles. The molecule has 0 atom stereocenters. The summed E-state index contributed by atoms with van der Waals surface area (Å²) in [5, 5.41) is 9.63. The number of nitrogens with zero attached hydrogens (tertiary/aromatic N) is 1. The zero-order valence-electron chi connectivity index (χ0n) is 19.2. The van der Waals surface area contributed by atoms with Crippen molar-refractivity contribution in [3.8, 4) is 17.6 Å². The average molecular weight is 462 g/mol. The van der Waals surface area contributed by atoms with Crippen molar-refractivity contribution in [2.24, 2.45) is 0 Å². The van der Waals surface area contributed by atoms with Gasteiger partial charge in [-0.2, -0.15) is 5.26 Å². The number of para-hydroxylation sites is 1. The number of methoxy groups -OCH3 is 1. The topological polar surface area (TPSA) is 76.4 Å². The van der Waals surface area contributed by atoms with Gasteiger partial charge in [-0.1, -0.05) is 75.4 Å². The van der Waals surface area contributed by atoms with Gasteiger partial charge in [0.15, 0.2) is 11.5 Å². The third kappa shape index (κ3) is 5.63. The van der Waals surface area contributed by atoms with E-state index in [0.29, 0.717) is 17.1 Å². The fourth-order valence-corrected chi connectivity index (χ4v) is 4.43. The van der Waals surface area contributed by atoms with Gasteiger partial charge in [0.25, 0.3) is 0 Å². The lowest BCUT2D eigenvalue weighted by atomic mass is 9.87. The Kier molecular flexibility index (Phi) is 7.25. The van der Waals surface area contributed by atoms with Crippen LogP contribution < -0.4 is 9.47 Å². The molecule has 33 heavy (non-hydrogen) atoms. The van der Waals surface area contributed by atoms with Crippen molar-refractivity contribution in [1.82, 2.24) is 0 Å². The van der Waals surface area contributed by atoms with Crippen molar-refractivity contribution in [3.63, 3.8) is 0 Å². The molecule has 3 rings (SSSR count). The number of hydrogen-bond donors (Lipinski definition) is 0. The van der Waals surface area contributed by atoms with Crippen LogP contribution in [0.1, 0.15) is 37.5 Å². The summed E-state index contributed by atoms with van der Waals surface area (Å²) < 4.78 is 37.4. The molecule has 3 aromatic carbocycles. The summed E-state index contributed by atoms with van der Waals surface area (Å²) in [6.45, 7) is 6.73. The number of benzene rings is 3. The maximum Gasteiger partial charge on any atom is 0.216 e. The molecular formula is C27H27NO4S. The minimum Gasteiger partial charge on any atom is -0.493 e. The van der Waals surface area contributed by atoms with Crippen LogP contribution in [0.25, 0.3) is 6.08 Å². The van der Waals surface area contributed by atoms with Crippen molar-refractivity contribution in [1.29, 1.82) is 5.26 Å². The van der Waals surface area contributed by atoms with Crippen molar-refractivity contribution in [2.45, 2.75) is 37.7 Å². The molecule has 0 amide bonds. The molecule has 0 saturated heterocycles. The lowest BCUT2D eigenvalue weighted by Crippen LogP contribution is -2.11. The summed E-state index contributed by atoms with van der Waals surface area (Å²) in [6.07, 6.45) is 1.32. The minimum absolute atomic E-state index is 0.0535. The Bertz CT molecular complexity index is 1280. The summed E-state index contributed by atoms with van der Waals surface area (Å²) in [4.78, 5) is -0.316. The largest absolute Gasteiger partial charge is 0.493 e. The van der Waals surface area contributed by atoms with Gasteiger partial charge in [-0.25, -0.2) is 8.42 Å². The second kappa shape index (κ2) is 9.93. The number of allylic oxidation sites excluding steroid dienone is 1. The molecule has 0 unspecified atom stereocenters. The molecular weight excluding hydrogens is 434 g/mol. The fourth-order valence-electron chi connectivity index (χ4n) is 3.26. The number of hydrogen-bond acceptors (Lipinski definition) is 5. The molecule has 0 aliphatic carbocycles. The summed E-state index contributed by atoms with van der Waals surface area (Å²) >= 11 is 0. The molecule has 0 bridgehead atoms. The first-order valence-corrected chi connectivity index (χ1v) is 12.0. The Labute approximate surface area is 195 Å². The van der Waals surface area contributed by atoms with Crippen LogP contribution in [0.2, 0.25) is 0 Å². The molecule has 5 nitrogen and oxygen atoms in total. The van der Waals surface area contributed by atoms with Gasteiger partial charge in [0.2, 0.25) is 9.84 Å². The van der Waals surface area contributed by atoms with Crippen LogP contribution in [-0.4, -0.2) is 15.5 Å². The van der Waals surface area contributed by atoms with Gasteiger partial charge in [-0.15, -0.1) is 0 Å². The van der Waals surface area contributed by atoms with Crippen LogP contribution in [0.15, 0.2) is 82.6 Å². The predicted octanol–water partition coefficient (Wildman–Crippen LogP) is 5.91. The van der Waals surface area contributed by atoms with Gasteiger partial charge in [-0.05, 0) is 40.8 Å². The molecule has 0 aromatic heterocycles. The SMILES string of the molecule is COc1cccc(C=C(C#N)S(=O)(=O)c2ccccc2)c1OCc1ccc(C(C)(C)C)cc1. The van der Waals surface area contributed by atoms with Gasteiger partial charge < -0.3 is 9.47 Å². The number of rotatable bonds is 7. The summed E-state index contributed by atoms with van der Waals surface area (Å²) in [6, 6.07) is 23.0. The Balaban J connectivity index is 1.95. The maximum absolute atomic E-state index is 13.0. The first-order chi connectivity index (χ1) is 15.7. The zero-order chi connectivity index (χ0) is 24.1. The Morgan fingerprint density at radius 3 is 2.21 bits per heavy atom. The average Bonchev–Trinajstić information content (AvgIpc) is 2.81. The summed E-state index contributed by atoms with van der Waals surface area (Å²) in [5.41, 5.74) is 2.67. The van der Waals surface area contributed by atoms with Crippen molar-refractivity contribution >= 4 is 15.9 Å². The van der Waals surface area contributed by atoms with E-state index in [4.69, 9.17) is 9.47 Å². The van der Waals surface area contributed by atoms with E-state index in [1.54, 1.807) is 36.4 Å². The smallest absolute Gasteiger partial charge is 0.216 e. The normalized spacial score (nSPS) is 12.2. The van der Waals surface area contributed by atoms with Gasteiger partial charge >= 0.3 is 0 Å². The van der Waals surface area contributed by atoms with Crippen LogP contribution in [-0.2, 0) is 21.9 Å². The van der Waals surface area contributed by atoms with Crippen LogP contribution in [0.4, 0.5) is 0 Å². The monoisotopic (exact) mass is 461 g/mol. The van der Waals surface area contributed by atoms with E-state index in [-0.39, 0.29) is 21.8 Å². The number of sulfone groups is 1. The molecule has 3 aromatic rings. The predicted molar refractivity (Wildman–Crippen MR) is 130 cm³/mol. The fraction of sp³-hybridized carbons (Fsp3) is 0.222. The molecule has 0 saturated carbocycles. The highest BCUT2D eigenvalue weighted by Crippen LogP contribution is 2.34. The van der Waals surface area contributed by atoms with Crippen LogP contribution in [0, 0.1) is 11.3 Å². The standard InChI is InChI=1S/C27H27NO4S/c1-27(2,3)22-15-13-20(14-16-22)19-32-26-21(9-8-12-25(26)31-4)17-24(18-28)33(29,30)23-10-6-5-7-11-23/h5-17H,19H2,1-4H3. The van der Waals surface area contributed by atoms with E-state index in [2.05, 4.69) is 32.9 Å². The Morgan fingerprint density at radius 1 is 0.970 bits per heavy atom. The van der Waals surface area contributed by atoms with Crippen LogP contribution in [0.3, 0.4) is 0 Å². The lowest BCUT2D eigenvalue weighted by Gasteiger charge is -2.19. The van der Waals surface area contributed by atoms with E-state index in [1.165, 1.54) is 30.9 Å². The van der Waals surface area contributed by atoms with E-state index in [0.717, 1.165) is 5.56 Å².